The Hall–Kier alpha value is -4.62. The third kappa shape index (κ3) is 5.99. The van der Waals surface area contributed by atoms with Crippen LogP contribution in [0.15, 0.2) is 46.3 Å². The summed E-state index contributed by atoms with van der Waals surface area (Å²) in [6.45, 7) is 11.8. The highest BCUT2D eigenvalue weighted by atomic mass is 19.3. The monoisotopic (exact) mass is 684 g/mol. The summed E-state index contributed by atoms with van der Waals surface area (Å²) in [5.41, 5.74) is -1.79. The molecule has 6 rings (SSSR count). The number of allylic oxidation sites excluding steroid dienone is 2. The Kier molecular flexibility index (Phi) is 8.86. The summed E-state index contributed by atoms with van der Waals surface area (Å²) >= 11 is 0. The van der Waals surface area contributed by atoms with Crippen LogP contribution in [0.5, 0.6) is 5.75 Å². The molecule has 3 aromatic rings. The minimum atomic E-state index is -3.50. The van der Waals surface area contributed by atoms with Crippen molar-refractivity contribution in [3.05, 3.63) is 64.5 Å². The summed E-state index contributed by atoms with van der Waals surface area (Å²) in [5, 5.41) is 0.0689. The van der Waals surface area contributed by atoms with Gasteiger partial charge in [0, 0.05) is 43.7 Å². The number of rotatable bonds is 3. The molecule has 3 aliphatic rings. The molecular formula is C35H37F5N6O3. The molecule has 4 atom stereocenters. The summed E-state index contributed by atoms with van der Waals surface area (Å²) in [6, 6.07) is 1.72. The van der Waals surface area contributed by atoms with Crippen LogP contribution < -0.4 is 15.3 Å². The Morgan fingerprint density at radius 2 is 1.78 bits per heavy atom. The number of aromatic nitrogens is 3. The van der Waals surface area contributed by atoms with Gasteiger partial charge in [-0.25, -0.2) is 36.3 Å². The van der Waals surface area contributed by atoms with Crippen LogP contribution in [-0.4, -0.2) is 69.3 Å². The van der Waals surface area contributed by atoms with Gasteiger partial charge in [0.05, 0.1) is 22.3 Å². The van der Waals surface area contributed by atoms with Crippen molar-refractivity contribution in [2.45, 2.75) is 65.5 Å². The first-order valence-corrected chi connectivity index (χ1v) is 16.2. The maximum Gasteiger partial charge on any atom is 0.355 e. The molecule has 2 bridgehead atoms. The van der Waals surface area contributed by atoms with E-state index in [1.54, 1.807) is 22.9 Å². The van der Waals surface area contributed by atoms with E-state index in [-0.39, 0.29) is 59.9 Å². The van der Waals surface area contributed by atoms with Gasteiger partial charge < -0.3 is 14.5 Å². The number of alkyl halides is 2. The Balaban J connectivity index is 1.71. The van der Waals surface area contributed by atoms with E-state index in [0.29, 0.717) is 11.8 Å². The SMILES string of the molecule is C=CC(=O)N1C[C@H](C)N(c2nc(=O)n3c4nc(c(F)cc24)-c2c(F)ccc(F)c2OCC(F)(F)CCC2C3=C(C(C)C)N=CC2C)C[C@H]1C. The van der Waals surface area contributed by atoms with Gasteiger partial charge in [0.25, 0.3) is 5.92 Å². The van der Waals surface area contributed by atoms with E-state index in [2.05, 4.69) is 21.5 Å². The average Bonchev–Trinajstić information content (AvgIpc) is 3.05. The molecule has 1 aromatic carbocycles. The van der Waals surface area contributed by atoms with Gasteiger partial charge in [0.2, 0.25) is 5.91 Å². The van der Waals surface area contributed by atoms with Gasteiger partial charge in [-0.2, -0.15) is 4.98 Å². The highest BCUT2D eigenvalue weighted by Gasteiger charge is 2.40. The molecule has 1 fully saturated rings. The van der Waals surface area contributed by atoms with Crippen LogP contribution in [0.3, 0.4) is 0 Å². The number of pyridine rings is 1. The lowest BCUT2D eigenvalue weighted by molar-refractivity contribution is -0.128. The standard InChI is InChI=1S/C35H37F5N6O3/c1-7-26(47)44-14-20(6)45(15-19(44)5)32-22-12-25(38)29-27-23(36)8-9-24(37)31(27)49-16-35(39,40)11-10-21-18(4)13-41-28(17(2)3)30(21)46(33(22)42-29)34(48)43-32/h7-9,12-13,17-21H,1,10-11,14-16H2,2-6H3/t18?,19-,20+,21?/m1/s1. The van der Waals surface area contributed by atoms with Crippen LogP contribution in [-0.2, 0) is 4.79 Å². The van der Waals surface area contributed by atoms with E-state index in [1.807, 2.05) is 27.7 Å². The number of hydrogen-bond donors (Lipinski definition) is 0. The Morgan fingerprint density at radius 3 is 2.47 bits per heavy atom. The lowest BCUT2D eigenvalue weighted by Gasteiger charge is -2.44. The summed E-state index contributed by atoms with van der Waals surface area (Å²) < 4.78 is 84.3. The molecule has 14 heteroatoms. The lowest BCUT2D eigenvalue weighted by atomic mass is 9.82. The first-order valence-electron chi connectivity index (χ1n) is 16.2. The number of ether oxygens (including phenoxy) is 1. The molecule has 1 saturated heterocycles. The first-order chi connectivity index (χ1) is 23.1. The molecule has 0 N–H and O–H groups in total. The van der Waals surface area contributed by atoms with E-state index in [9.17, 15) is 9.59 Å². The Bertz CT molecular complexity index is 1980. The third-order valence-corrected chi connectivity index (χ3v) is 9.55. The van der Waals surface area contributed by atoms with Gasteiger partial charge in [-0.05, 0) is 56.4 Å². The average molecular weight is 685 g/mol. The number of amides is 1. The molecule has 9 nitrogen and oxygen atoms in total. The first kappa shape index (κ1) is 34.3. The van der Waals surface area contributed by atoms with E-state index >= 15 is 22.0 Å². The number of nitrogens with zero attached hydrogens (tertiary/aromatic N) is 6. The van der Waals surface area contributed by atoms with Crippen LogP contribution in [0.2, 0.25) is 0 Å². The highest BCUT2D eigenvalue weighted by Crippen LogP contribution is 2.43. The van der Waals surface area contributed by atoms with E-state index in [0.717, 1.165) is 16.7 Å². The van der Waals surface area contributed by atoms with Gasteiger partial charge in [-0.3, -0.25) is 9.79 Å². The number of benzene rings is 1. The van der Waals surface area contributed by atoms with Gasteiger partial charge in [0.15, 0.2) is 29.6 Å². The van der Waals surface area contributed by atoms with Crippen LogP contribution in [0, 0.1) is 35.2 Å². The quantitative estimate of drug-likeness (QED) is 0.233. The van der Waals surface area contributed by atoms with Crippen molar-refractivity contribution < 1.29 is 31.5 Å². The molecule has 49 heavy (non-hydrogen) atoms. The summed E-state index contributed by atoms with van der Waals surface area (Å²) in [5.74, 6) is -9.48. The van der Waals surface area contributed by atoms with Crippen molar-refractivity contribution in [2.24, 2.45) is 22.7 Å². The second-order valence-electron chi connectivity index (χ2n) is 13.4. The predicted octanol–water partition coefficient (Wildman–Crippen LogP) is 6.46. The van der Waals surface area contributed by atoms with Gasteiger partial charge >= 0.3 is 5.69 Å². The molecule has 0 saturated carbocycles. The van der Waals surface area contributed by atoms with E-state index in [4.69, 9.17) is 4.74 Å². The van der Waals surface area contributed by atoms with Gasteiger partial charge in [-0.15, -0.1) is 0 Å². The second-order valence-corrected chi connectivity index (χ2v) is 13.4. The largest absolute Gasteiger partial charge is 0.483 e. The molecular weight excluding hydrogens is 647 g/mol. The number of anilines is 1. The molecule has 5 heterocycles. The zero-order chi connectivity index (χ0) is 35.5. The van der Waals surface area contributed by atoms with Gasteiger partial charge in [-0.1, -0.05) is 27.4 Å². The van der Waals surface area contributed by atoms with Crippen molar-refractivity contribution in [3.8, 4) is 17.0 Å². The summed E-state index contributed by atoms with van der Waals surface area (Å²) in [4.78, 5) is 43.9. The number of fused-ring (bicyclic) bond motifs is 5. The Labute approximate surface area is 279 Å². The fraction of sp³-hybridized carbons (Fsp3) is 0.457. The minimum Gasteiger partial charge on any atom is -0.483 e. The Morgan fingerprint density at radius 1 is 1.06 bits per heavy atom. The molecule has 0 aliphatic carbocycles. The van der Waals surface area contributed by atoms with E-state index < -0.39 is 77.0 Å². The van der Waals surface area contributed by atoms with Crippen LogP contribution >= 0.6 is 0 Å². The maximum absolute atomic E-state index is 16.3. The number of carbonyl (C=O) groups is 1. The number of carbonyl (C=O) groups excluding carboxylic acids is 1. The number of aliphatic imine (C=N–C) groups is 1. The fourth-order valence-electron chi connectivity index (χ4n) is 7.01. The van der Waals surface area contributed by atoms with Crippen LogP contribution in [0.25, 0.3) is 28.0 Å². The van der Waals surface area contributed by atoms with Crippen molar-refractivity contribution in [1.29, 1.82) is 0 Å². The zero-order valence-corrected chi connectivity index (χ0v) is 27.8. The molecule has 3 aliphatic heterocycles. The smallest absolute Gasteiger partial charge is 0.355 e. The maximum atomic E-state index is 16.3. The van der Waals surface area contributed by atoms with Crippen molar-refractivity contribution >= 4 is 34.7 Å². The van der Waals surface area contributed by atoms with Crippen LogP contribution in [0.4, 0.5) is 27.8 Å². The molecule has 1 amide bonds. The molecule has 0 radical (unpaired) electrons. The topological polar surface area (TPSA) is 92.9 Å². The molecule has 2 unspecified atom stereocenters. The predicted molar refractivity (Wildman–Crippen MR) is 176 cm³/mol. The normalized spacial score (nSPS) is 23.8. The number of hydrogen-bond acceptors (Lipinski definition) is 7. The number of halogens is 5. The van der Waals surface area contributed by atoms with Crippen LogP contribution in [0.1, 0.15) is 47.5 Å². The second kappa shape index (κ2) is 12.7. The highest BCUT2D eigenvalue weighted by molar-refractivity contribution is 5.93. The zero-order valence-electron chi connectivity index (χ0n) is 27.8. The van der Waals surface area contributed by atoms with Crippen molar-refractivity contribution in [3.63, 3.8) is 0 Å². The number of piperazine rings is 1. The lowest BCUT2D eigenvalue weighted by Crippen LogP contribution is -2.58. The third-order valence-electron chi connectivity index (χ3n) is 9.55. The molecule has 260 valence electrons. The summed E-state index contributed by atoms with van der Waals surface area (Å²) in [6.07, 6.45) is 2.01. The van der Waals surface area contributed by atoms with E-state index in [1.165, 1.54) is 6.08 Å². The molecule has 0 spiro atoms. The fourth-order valence-corrected chi connectivity index (χ4v) is 7.01. The van der Waals surface area contributed by atoms with Crippen molar-refractivity contribution in [2.75, 3.05) is 24.6 Å². The van der Waals surface area contributed by atoms with Crippen molar-refractivity contribution in [1.82, 2.24) is 19.4 Å². The van der Waals surface area contributed by atoms with Gasteiger partial charge in [0.1, 0.15) is 17.3 Å². The summed E-state index contributed by atoms with van der Waals surface area (Å²) in [7, 11) is 0. The molecule has 2 aromatic heterocycles. The minimum absolute atomic E-state index is 0.0689.